The molecule has 142 valence electrons. The number of piperidine rings is 2. The van der Waals surface area contributed by atoms with Crippen molar-refractivity contribution in [3.8, 4) is 0 Å². The Kier molecular flexibility index (Phi) is 5.95. The van der Waals surface area contributed by atoms with Gasteiger partial charge in [0, 0.05) is 19.6 Å². The van der Waals surface area contributed by atoms with Crippen LogP contribution in [0.4, 0.5) is 4.79 Å². The molecule has 2 amide bonds. The van der Waals surface area contributed by atoms with E-state index >= 15 is 0 Å². The number of hydrogen-bond acceptors (Lipinski definition) is 5. The van der Waals surface area contributed by atoms with Gasteiger partial charge >= 0.3 is 12.1 Å². The van der Waals surface area contributed by atoms with Gasteiger partial charge < -0.3 is 19.3 Å². The van der Waals surface area contributed by atoms with Crippen LogP contribution in [-0.4, -0.2) is 66.2 Å². The van der Waals surface area contributed by atoms with Gasteiger partial charge in [0.15, 0.2) is 0 Å². The molecule has 7 heteroatoms. The summed E-state index contributed by atoms with van der Waals surface area (Å²) >= 11 is 0. The third-order valence-electron chi connectivity index (χ3n) is 4.68. The summed E-state index contributed by atoms with van der Waals surface area (Å²) in [5, 5.41) is 0. The molecule has 2 saturated heterocycles. The minimum absolute atomic E-state index is 0.0130. The second kappa shape index (κ2) is 7.62. The highest BCUT2D eigenvalue weighted by Crippen LogP contribution is 2.39. The van der Waals surface area contributed by atoms with E-state index in [1.165, 1.54) is 0 Å². The molecule has 0 radical (unpaired) electrons. The van der Waals surface area contributed by atoms with Gasteiger partial charge in [-0.2, -0.15) is 0 Å². The molecule has 0 N–H and O–H groups in total. The molecule has 2 aliphatic rings. The number of ether oxygens (including phenoxy) is 2. The average molecular weight is 354 g/mol. The van der Waals surface area contributed by atoms with Crippen molar-refractivity contribution in [2.45, 2.75) is 59.0 Å². The van der Waals surface area contributed by atoms with Crippen molar-refractivity contribution in [3.63, 3.8) is 0 Å². The van der Waals surface area contributed by atoms with E-state index in [1.807, 2.05) is 20.8 Å². The van der Waals surface area contributed by atoms with Crippen molar-refractivity contribution >= 4 is 18.0 Å². The number of likely N-dealkylation sites (tertiary alicyclic amines) is 2. The summed E-state index contributed by atoms with van der Waals surface area (Å²) in [6.07, 6.45) is 2.70. The minimum atomic E-state index is -0.597. The van der Waals surface area contributed by atoms with Crippen molar-refractivity contribution < 1.29 is 23.9 Å². The van der Waals surface area contributed by atoms with E-state index in [4.69, 9.17) is 9.47 Å². The number of rotatable bonds is 3. The van der Waals surface area contributed by atoms with Gasteiger partial charge in [0.2, 0.25) is 5.91 Å². The van der Waals surface area contributed by atoms with Crippen LogP contribution in [0.5, 0.6) is 0 Å². The molecule has 0 aromatic heterocycles. The number of esters is 1. The second-order valence-corrected chi connectivity index (χ2v) is 7.92. The zero-order valence-corrected chi connectivity index (χ0v) is 15.8. The van der Waals surface area contributed by atoms with Gasteiger partial charge in [-0.3, -0.25) is 9.59 Å². The molecule has 2 fully saturated rings. The molecule has 0 bridgehead atoms. The van der Waals surface area contributed by atoms with Crippen LogP contribution in [0.2, 0.25) is 0 Å². The molecule has 1 spiro atoms. The molecule has 0 saturated carbocycles. The molecule has 1 unspecified atom stereocenters. The van der Waals surface area contributed by atoms with Gasteiger partial charge in [-0.25, -0.2) is 4.79 Å². The monoisotopic (exact) mass is 354 g/mol. The summed E-state index contributed by atoms with van der Waals surface area (Å²) in [6, 6.07) is 0. The topological polar surface area (TPSA) is 76.2 Å². The van der Waals surface area contributed by atoms with Gasteiger partial charge in [-0.1, -0.05) is 0 Å². The fourth-order valence-electron chi connectivity index (χ4n) is 3.66. The summed E-state index contributed by atoms with van der Waals surface area (Å²) in [4.78, 5) is 40.4. The largest absolute Gasteiger partial charge is 0.465 e. The summed E-state index contributed by atoms with van der Waals surface area (Å²) in [5.74, 6) is -0.423. The molecule has 25 heavy (non-hydrogen) atoms. The molecule has 2 aliphatic heterocycles. The van der Waals surface area contributed by atoms with E-state index < -0.39 is 11.0 Å². The lowest BCUT2D eigenvalue weighted by Crippen LogP contribution is -2.58. The molecule has 7 nitrogen and oxygen atoms in total. The van der Waals surface area contributed by atoms with E-state index in [2.05, 4.69) is 0 Å². The number of amides is 2. The van der Waals surface area contributed by atoms with E-state index in [0.29, 0.717) is 26.2 Å². The zero-order chi connectivity index (χ0) is 18.7. The number of carbonyl (C=O) groups excluding carboxylic acids is 3. The number of hydrogen-bond donors (Lipinski definition) is 0. The van der Waals surface area contributed by atoms with Crippen molar-refractivity contribution in [2.75, 3.05) is 32.8 Å². The maximum Gasteiger partial charge on any atom is 0.410 e. The first-order valence-corrected chi connectivity index (χ1v) is 9.10. The molecule has 2 rings (SSSR count). The van der Waals surface area contributed by atoms with E-state index in [9.17, 15) is 14.4 Å². The Morgan fingerprint density at radius 1 is 1.16 bits per heavy atom. The van der Waals surface area contributed by atoms with Crippen molar-refractivity contribution in [1.29, 1.82) is 0 Å². The highest BCUT2D eigenvalue weighted by atomic mass is 16.6. The molecular formula is C18H30N2O5. The van der Waals surface area contributed by atoms with Crippen LogP contribution in [-0.2, 0) is 19.1 Å². The van der Waals surface area contributed by atoms with E-state index in [0.717, 1.165) is 25.7 Å². The van der Waals surface area contributed by atoms with Gasteiger partial charge in [0.05, 0.1) is 12.0 Å². The Balaban J connectivity index is 2.06. The van der Waals surface area contributed by atoms with Crippen molar-refractivity contribution in [1.82, 2.24) is 9.80 Å². The maximum absolute atomic E-state index is 13.0. The van der Waals surface area contributed by atoms with Crippen LogP contribution in [0.25, 0.3) is 0 Å². The normalized spacial score (nSPS) is 24.4. The molecule has 0 aromatic carbocycles. The smallest absolute Gasteiger partial charge is 0.410 e. The summed E-state index contributed by atoms with van der Waals surface area (Å²) in [6.45, 7) is 9.05. The third-order valence-corrected chi connectivity index (χ3v) is 4.68. The summed E-state index contributed by atoms with van der Waals surface area (Å²) in [5.41, 5.74) is -1.16. The van der Waals surface area contributed by atoms with Gasteiger partial charge in [-0.15, -0.1) is 0 Å². The quantitative estimate of drug-likeness (QED) is 0.726. The number of carbonyl (C=O) groups is 3. The van der Waals surface area contributed by atoms with Crippen LogP contribution >= 0.6 is 0 Å². The fourth-order valence-corrected chi connectivity index (χ4v) is 3.66. The van der Waals surface area contributed by atoms with Crippen LogP contribution < -0.4 is 0 Å². The first kappa shape index (κ1) is 19.5. The lowest BCUT2D eigenvalue weighted by Gasteiger charge is -2.46. The van der Waals surface area contributed by atoms with Crippen LogP contribution in [0.3, 0.4) is 0 Å². The Morgan fingerprint density at radius 2 is 1.80 bits per heavy atom. The lowest BCUT2D eigenvalue weighted by molar-refractivity contribution is -0.158. The summed E-state index contributed by atoms with van der Waals surface area (Å²) < 4.78 is 10.4. The SMILES string of the molecule is CCOC(=O)CN1CCCC2(CCCN(C(=O)OC(C)(C)C)C2)C1=O. The second-order valence-electron chi connectivity index (χ2n) is 7.92. The molecule has 2 heterocycles. The summed E-state index contributed by atoms with van der Waals surface area (Å²) in [7, 11) is 0. The van der Waals surface area contributed by atoms with Crippen molar-refractivity contribution in [2.24, 2.45) is 5.41 Å². The fraction of sp³-hybridized carbons (Fsp3) is 0.833. The highest BCUT2D eigenvalue weighted by molar-refractivity contribution is 5.88. The first-order valence-electron chi connectivity index (χ1n) is 9.10. The predicted molar refractivity (Wildman–Crippen MR) is 91.9 cm³/mol. The minimum Gasteiger partial charge on any atom is -0.465 e. The zero-order valence-electron chi connectivity index (χ0n) is 15.8. The molecule has 0 aromatic rings. The first-order chi connectivity index (χ1) is 11.7. The van der Waals surface area contributed by atoms with Crippen LogP contribution in [0, 0.1) is 5.41 Å². The molecular weight excluding hydrogens is 324 g/mol. The lowest BCUT2D eigenvalue weighted by atomic mass is 9.73. The van der Waals surface area contributed by atoms with Gasteiger partial charge in [-0.05, 0) is 53.4 Å². The Labute approximate surface area is 149 Å². The van der Waals surface area contributed by atoms with E-state index in [-0.39, 0.29) is 24.5 Å². The highest BCUT2D eigenvalue weighted by Gasteiger charge is 2.48. The maximum atomic E-state index is 13.0. The standard InChI is InChI=1S/C18H30N2O5/c1-5-24-14(21)12-19-10-6-8-18(15(19)22)9-7-11-20(13-18)16(23)25-17(2,3)4/h5-13H2,1-4H3. The van der Waals surface area contributed by atoms with E-state index in [1.54, 1.807) is 16.7 Å². The van der Waals surface area contributed by atoms with Gasteiger partial charge in [0.25, 0.3) is 0 Å². The predicted octanol–water partition coefficient (Wildman–Crippen LogP) is 2.19. The average Bonchev–Trinajstić information content (AvgIpc) is 2.51. The van der Waals surface area contributed by atoms with Crippen LogP contribution in [0.15, 0.2) is 0 Å². The Hall–Kier alpha value is -1.79. The van der Waals surface area contributed by atoms with Crippen molar-refractivity contribution in [3.05, 3.63) is 0 Å². The van der Waals surface area contributed by atoms with Crippen LogP contribution in [0.1, 0.15) is 53.4 Å². The van der Waals surface area contributed by atoms with Gasteiger partial charge in [0.1, 0.15) is 12.1 Å². The third kappa shape index (κ3) is 4.86. The Bertz CT molecular complexity index is 524. The number of nitrogens with zero attached hydrogens (tertiary/aromatic N) is 2. The molecule has 0 aliphatic carbocycles. The Morgan fingerprint density at radius 3 is 2.40 bits per heavy atom. The molecule has 1 atom stereocenters.